The maximum absolute atomic E-state index is 12.1. The van der Waals surface area contributed by atoms with E-state index in [1.807, 2.05) is 0 Å². The Morgan fingerprint density at radius 1 is 1.19 bits per heavy atom. The zero-order valence-electron chi connectivity index (χ0n) is 12.7. The topological polar surface area (TPSA) is 87.0 Å². The molecule has 0 aliphatic carbocycles. The molecule has 0 spiro atoms. The first-order valence-corrected chi connectivity index (χ1v) is 6.97. The Balaban J connectivity index is 2.80. The van der Waals surface area contributed by atoms with E-state index in [4.69, 9.17) is 4.74 Å². The van der Waals surface area contributed by atoms with Crippen molar-refractivity contribution in [2.75, 3.05) is 6.61 Å². The summed E-state index contributed by atoms with van der Waals surface area (Å²) in [6.07, 6.45) is -0.326. The van der Waals surface area contributed by atoms with E-state index in [9.17, 15) is 20.1 Å². The van der Waals surface area contributed by atoms with Crippen molar-refractivity contribution in [2.24, 2.45) is 0 Å². The molecule has 1 aromatic carbocycles. The highest BCUT2D eigenvalue weighted by molar-refractivity contribution is 5.89. The van der Waals surface area contributed by atoms with Crippen molar-refractivity contribution in [3.05, 3.63) is 35.9 Å². The van der Waals surface area contributed by atoms with Crippen LogP contribution in [-0.4, -0.2) is 45.2 Å². The first-order valence-electron chi connectivity index (χ1n) is 6.97. The van der Waals surface area contributed by atoms with Gasteiger partial charge in [0.05, 0.1) is 17.8 Å². The maximum Gasteiger partial charge on any atom is 0.338 e. The molecule has 5 nitrogen and oxygen atoms in total. The zero-order chi connectivity index (χ0) is 16.1. The van der Waals surface area contributed by atoms with E-state index in [0.29, 0.717) is 12.0 Å². The molecular formula is C16H24O5. The molecule has 0 saturated heterocycles. The highest BCUT2D eigenvalue weighted by atomic mass is 16.6. The number of carbonyl (C=O) groups excluding carboxylic acids is 1. The molecule has 0 saturated carbocycles. The Hall–Kier alpha value is -1.43. The number of aliphatic hydroxyl groups excluding tert-OH is 1. The summed E-state index contributed by atoms with van der Waals surface area (Å²) in [4.78, 5) is 12.1. The summed E-state index contributed by atoms with van der Waals surface area (Å²) in [5.74, 6) is -0.565. The van der Waals surface area contributed by atoms with Crippen LogP contribution in [0, 0.1) is 0 Å². The van der Waals surface area contributed by atoms with Gasteiger partial charge in [-0.25, -0.2) is 4.79 Å². The summed E-state index contributed by atoms with van der Waals surface area (Å²) in [5, 5.41) is 29.2. The highest BCUT2D eigenvalue weighted by Gasteiger charge is 2.35. The van der Waals surface area contributed by atoms with Gasteiger partial charge in [-0.1, -0.05) is 18.2 Å². The fourth-order valence-electron chi connectivity index (χ4n) is 1.85. The first kappa shape index (κ1) is 17.6. The fraction of sp³-hybridized carbons (Fsp3) is 0.562. The Labute approximate surface area is 125 Å². The molecule has 0 heterocycles. The van der Waals surface area contributed by atoms with Gasteiger partial charge in [0.2, 0.25) is 0 Å². The van der Waals surface area contributed by atoms with Crippen LogP contribution in [0.3, 0.4) is 0 Å². The molecule has 21 heavy (non-hydrogen) atoms. The minimum absolute atomic E-state index is 0.246. The Morgan fingerprint density at radius 3 is 2.24 bits per heavy atom. The monoisotopic (exact) mass is 296 g/mol. The number of rotatable bonds is 7. The summed E-state index contributed by atoms with van der Waals surface area (Å²) in [6.45, 7) is 4.14. The molecular weight excluding hydrogens is 272 g/mol. The second kappa shape index (κ2) is 7.02. The second-order valence-electron chi connectivity index (χ2n) is 6.13. The molecule has 5 heteroatoms. The van der Waals surface area contributed by atoms with E-state index in [-0.39, 0.29) is 6.42 Å². The standard InChI is InChI=1S/C16H24O5/c1-15(2,19)10-9-13(16(3,20)11-17)21-14(18)12-7-5-4-6-8-12/h4-8,13,17,19-20H,9-11H2,1-3H3/t13-,16+/m0/s1. The second-order valence-corrected chi connectivity index (χ2v) is 6.13. The molecule has 3 N–H and O–H groups in total. The van der Waals surface area contributed by atoms with Gasteiger partial charge < -0.3 is 20.1 Å². The number of carbonyl (C=O) groups is 1. The third-order valence-electron chi connectivity index (χ3n) is 3.29. The van der Waals surface area contributed by atoms with Crippen LogP contribution in [0.5, 0.6) is 0 Å². The van der Waals surface area contributed by atoms with Gasteiger partial charge in [-0.15, -0.1) is 0 Å². The fourth-order valence-corrected chi connectivity index (χ4v) is 1.85. The van der Waals surface area contributed by atoms with E-state index in [2.05, 4.69) is 0 Å². The summed E-state index contributed by atoms with van der Waals surface area (Å²) in [7, 11) is 0. The molecule has 0 radical (unpaired) electrons. The van der Waals surface area contributed by atoms with Gasteiger partial charge in [-0.2, -0.15) is 0 Å². The number of benzene rings is 1. The molecule has 0 unspecified atom stereocenters. The SMILES string of the molecule is CC(C)(O)CC[C@H](OC(=O)c1ccccc1)[C@](C)(O)CO. The third kappa shape index (κ3) is 5.83. The van der Waals surface area contributed by atoms with Crippen LogP contribution in [0.25, 0.3) is 0 Å². The van der Waals surface area contributed by atoms with Gasteiger partial charge in [0.25, 0.3) is 0 Å². The molecule has 118 valence electrons. The number of hydrogen-bond acceptors (Lipinski definition) is 5. The lowest BCUT2D eigenvalue weighted by molar-refractivity contribution is -0.108. The number of esters is 1. The van der Waals surface area contributed by atoms with Gasteiger partial charge in [0.1, 0.15) is 11.7 Å². The normalized spacial score (nSPS) is 16.1. The van der Waals surface area contributed by atoms with Crippen LogP contribution in [0.2, 0.25) is 0 Å². The van der Waals surface area contributed by atoms with Crippen LogP contribution in [0.15, 0.2) is 30.3 Å². The smallest absolute Gasteiger partial charge is 0.338 e. The van der Waals surface area contributed by atoms with E-state index in [0.717, 1.165) is 0 Å². The molecule has 2 atom stereocenters. The lowest BCUT2D eigenvalue weighted by Crippen LogP contribution is -2.46. The van der Waals surface area contributed by atoms with Gasteiger partial charge >= 0.3 is 5.97 Å². The third-order valence-corrected chi connectivity index (χ3v) is 3.29. The first-order chi connectivity index (χ1) is 9.65. The molecule has 1 aromatic rings. The van der Waals surface area contributed by atoms with Crippen molar-refractivity contribution in [3.63, 3.8) is 0 Å². The van der Waals surface area contributed by atoms with Crippen molar-refractivity contribution >= 4 is 5.97 Å². The van der Waals surface area contributed by atoms with Crippen molar-refractivity contribution in [2.45, 2.75) is 50.9 Å². The summed E-state index contributed by atoms with van der Waals surface area (Å²) in [5.41, 5.74) is -2.13. The molecule has 0 aliphatic rings. The molecule has 1 rings (SSSR count). The summed E-state index contributed by atoms with van der Waals surface area (Å²) in [6, 6.07) is 8.44. The van der Waals surface area contributed by atoms with Crippen LogP contribution < -0.4 is 0 Å². The number of ether oxygens (including phenoxy) is 1. The summed E-state index contributed by atoms with van der Waals surface area (Å²) >= 11 is 0. The quantitative estimate of drug-likeness (QED) is 0.664. The predicted octanol–water partition coefficient (Wildman–Crippen LogP) is 1.51. The maximum atomic E-state index is 12.1. The predicted molar refractivity (Wildman–Crippen MR) is 78.9 cm³/mol. The summed E-state index contributed by atoms with van der Waals surface area (Å²) < 4.78 is 5.33. The zero-order valence-corrected chi connectivity index (χ0v) is 12.7. The van der Waals surface area contributed by atoms with Crippen LogP contribution in [-0.2, 0) is 4.74 Å². The molecule has 0 aromatic heterocycles. The van der Waals surface area contributed by atoms with Crippen molar-refractivity contribution in [1.29, 1.82) is 0 Å². The lowest BCUT2D eigenvalue weighted by atomic mass is 9.91. The van der Waals surface area contributed by atoms with Gasteiger partial charge in [0.15, 0.2) is 0 Å². The van der Waals surface area contributed by atoms with Crippen LogP contribution in [0.4, 0.5) is 0 Å². The molecule has 0 amide bonds. The number of aliphatic hydroxyl groups is 3. The van der Waals surface area contributed by atoms with Crippen molar-refractivity contribution in [3.8, 4) is 0 Å². The highest BCUT2D eigenvalue weighted by Crippen LogP contribution is 2.23. The van der Waals surface area contributed by atoms with E-state index < -0.39 is 29.9 Å². The van der Waals surface area contributed by atoms with E-state index >= 15 is 0 Å². The number of hydrogen-bond donors (Lipinski definition) is 3. The average molecular weight is 296 g/mol. The van der Waals surface area contributed by atoms with Crippen LogP contribution in [0.1, 0.15) is 44.0 Å². The van der Waals surface area contributed by atoms with Gasteiger partial charge in [-0.3, -0.25) is 0 Å². The van der Waals surface area contributed by atoms with E-state index in [1.165, 1.54) is 6.92 Å². The van der Waals surface area contributed by atoms with Crippen molar-refractivity contribution in [1.82, 2.24) is 0 Å². The molecule has 0 fully saturated rings. The largest absolute Gasteiger partial charge is 0.456 e. The molecule has 0 aliphatic heterocycles. The Kier molecular flexibility index (Phi) is 5.89. The van der Waals surface area contributed by atoms with Crippen molar-refractivity contribution < 1.29 is 24.9 Å². The Bertz CT molecular complexity index is 447. The average Bonchev–Trinajstić information content (AvgIpc) is 2.43. The van der Waals surface area contributed by atoms with Gasteiger partial charge in [-0.05, 0) is 45.7 Å². The van der Waals surface area contributed by atoms with Gasteiger partial charge in [0, 0.05) is 0 Å². The minimum Gasteiger partial charge on any atom is -0.456 e. The lowest BCUT2D eigenvalue weighted by Gasteiger charge is -2.32. The van der Waals surface area contributed by atoms with E-state index in [1.54, 1.807) is 44.2 Å². The molecule has 0 bridgehead atoms. The Morgan fingerprint density at radius 2 is 1.76 bits per heavy atom. The minimum atomic E-state index is -1.56. The van der Waals surface area contributed by atoms with Crippen LogP contribution >= 0.6 is 0 Å².